The Morgan fingerprint density at radius 1 is 1.38 bits per heavy atom. The summed E-state index contributed by atoms with van der Waals surface area (Å²) in [6.07, 6.45) is -3.75. The largest absolute Gasteiger partial charge is 0.430 e. The number of alkyl halides is 3. The van der Waals surface area contributed by atoms with Gasteiger partial charge in [-0.15, -0.1) is 0 Å². The molecule has 0 aliphatic heterocycles. The van der Waals surface area contributed by atoms with Crippen molar-refractivity contribution in [3.05, 3.63) is 35.8 Å². The van der Waals surface area contributed by atoms with Gasteiger partial charge in [0, 0.05) is 0 Å². The van der Waals surface area contributed by atoms with Crippen molar-refractivity contribution >= 4 is 11.4 Å². The Morgan fingerprint density at radius 2 is 2.00 bits per heavy atom. The van der Waals surface area contributed by atoms with Gasteiger partial charge in [0.15, 0.2) is 0 Å². The van der Waals surface area contributed by atoms with E-state index < -0.39 is 17.7 Å². The van der Waals surface area contributed by atoms with E-state index in [0.29, 0.717) is 0 Å². The van der Waals surface area contributed by atoms with Crippen molar-refractivity contribution in [2.75, 3.05) is 11.1 Å². The van der Waals surface area contributed by atoms with E-state index in [2.05, 4.69) is 0 Å². The molecule has 3 N–H and O–H groups in total. The standard InChI is InChI=1S/C10H10F4N2/c1-2-8(10(12,13)14)16-9-6(11)4-3-5-7(9)15/h2-5,16H,15H2,1H3/b8-2-. The van der Waals surface area contributed by atoms with E-state index in [1.165, 1.54) is 19.1 Å². The average molecular weight is 234 g/mol. The Morgan fingerprint density at radius 3 is 2.44 bits per heavy atom. The summed E-state index contributed by atoms with van der Waals surface area (Å²) in [6, 6.07) is 3.66. The third-order valence-corrected chi connectivity index (χ3v) is 1.90. The molecule has 0 heterocycles. The molecule has 0 fully saturated rings. The van der Waals surface area contributed by atoms with Gasteiger partial charge >= 0.3 is 6.18 Å². The minimum absolute atomic E-state index is 0.0800. The number of hydrogen-bond acceptors (Lipinski definition) is 2. The quantitative estimate of drug-likeness (QED) is 0.608. The maximum Gasteiger partial charge on any atom is 0.430 e. The molecule has 6 heteroatoms. The number of nitrogens with two attached hydrogens (primary N) is 1. The smallest absolute Gasteiger partial charge is 0.397 e. The van der Waals surface area contributed by atoms with Crippen LogP contribution in [0.2, 0.25) is 0 Å². The van der Waals surface area contributed by atoms with Gasteiger partial charge in [0.2, 0.25) is 0 Å². The van der Waals surface area contributed by atoms with Crippen LogP contribution in [0.3, 0.4) is 0 Å². The average Bonchev–Trinajstić information content (AvgIpc) is 2.15. The molecule has 0 unspecified atom stereocenters. The molecular formula is C10H10F4N2. The van der Waals surface area contributed by atoms with Crippen LogP contribution in [0.15, 0.2) is 30.0 Å². The summed E-state index contributed by atoms with van der Waals surface area (Å²) in [4.78, 5) is 0. The Labute approximate surface area is 89.8 Å². The first-order chi connectivity index (χ1) is 7.36. The number of rotatable bonds is 2. The van der Waals surface area contributed by atoms with Crippen LogP contribution >= 0.6 is 0 Å². The van der Waals surface area contributed by atoms with Crippen LogP contribution in [-0.4, -0.2) is 6.18 Å². The minimum atomic E-state index is -4.57. The van der Waals surface area contributed by atoms with Gasteiger partial charge in [0.1, 0.15) is 11.5 Å². The van der Waals surface area contributed by atoms with Gasteiger partial charge in [0.25, 0.3) is 0 Å². The van der Waals surface area contributed by atoms with Crippen molar-refractivity contribution in [1.29, 1.82) is 0 Å². The van der Waals surface area contributed by atoms with E-state index >= 15 is 0 Å². The third-order valence-electron chi connectivity index (χ3n) is 1.90. The van der Waals surface area contributed by atoms with Gasteiger partial charge in [-0.2, -0.15) is 13.2 Å². The van der Waals surface area contributed by atoms with Gasteiger partial charge in [-0.1, -0.05) is 12.1 Å². The molecule has 0 atom stereocenters. The molecular weight excluding hydrogens is 224 g/mol. The highest BCUT2D eigenvalue weighted by atomic mass is 19.4. The molecule has 1 rings (SSSR count). The molecule has 0 saturated carbocycles. The highest BCUT2D eigenvalue weighted by Crippen LogP contribution is 2.30. The zero-order chi connectivity index (χ0) is 12.3. The second-order valence-electron chi connectivity index (χ2n) is 3.03. The van der Waals surface area contributed by atoms with E-state index in [1.807, 2.05) is 5.32 Å². The second-order valence-corrected chi connectivity index (χ2v) is 3.03. The van der Waals surface area contributed by atoms with Crippen molar-refractivity contribution < 1.29 is 17.6 Å². The Bertz CT molecular complexity index is 390. The second kappa shape index (κ2) is 4.42. The highest BCUT2D eigenvalue weighted by Gasteiger charge is 2.33. The maximum absolute atomic E-state index is 13.2. The Kier molecular flexibility index (Phi) is 3.41. The van der Waals surface area contributed by atoms with Crippen molar-refractivity contribution in [1.82, 2.24) is 0 Å². The number of allylic oxidation sites excluding steroid dienone is 2. The summed E-state index contributed by atoms with van der Waals surface area (Å²) < 4.78 is 50.3. The number of halogens is 4. The van der Waals surface area contributed by atoms with Gasteiger partial charge in [0.05, 0.1) is 11.4 Å². The number of nitrogen functional groups attached to an aromatic ring is 1. The lowest BCUT2D eigenvalue weighted by Gasteiger charge is -2.15. The lowest BCUT2D eigenvalue weighted by molar-refractivity contribution is -0.0903. The maximum atomic E-state index is 13.2. The van der Waals surface area contributed by atoms with Gasteiger partial charge in [-0.25, -0.2) is 4.39 Å². The van der Waals surface area contributed by atoms with Crippen LogP contribution in [0.25, 0.3) is 0 Å². The van der Waals surface area contributed by atoms with Crippen LogP contribution in [-0.2, 0) is 0 Å². The van der Waals surface area contributed by atoms with E-state index in [0.717, 1.165) is 12.1 Å². The normalized spacial score (nSPS) is 12.7. The fourth-order valence-corrected chi connectivity index (χ4v) is 1.11. The summed E-state index contributed by atoms with van der Waals surface area (Å²) in [5.41, 5.74) is 3.87. The van der Waals surface area contributed by atoms with Gasteiger partial charge in [-0.05, 0) is 19.1 Å². The van der Waals surface area contributed by atoms with Crippen LogP contribution < -0.4 is 11.1 Å². The molecule has 0 aliphatic carbocycles. The molecule has 0 bridgehead atoms. The zero-order valence-corrected chi connectivity index (χ0v) is 8.40. The van der Waals surface area contributed by atoms with Crippen LogP contribution in [0, 0.1) is 5.82 Å². The summed E-state index contributed by atoms with van der Waals surface area (Å²) in [6.45, 7) is 1.20. The summed E-state index contributed by atoms with van der Waals surface area (Å²) >= 11 is 0. The van der Waals surface area contributed by atoms with Crippen molar-refractivity contribution in [3.63, 3.8) is 0 Å². The number of benzene rings is 1. The van der Waals surface area contributed by atoms with Crippen LogP contribution in [0.4, 0.5) is 28.9 Å². The fraction of sp³-hybridized carbons (Fsp3) is 0.200. The summed E-state index contributed by atoms with van der Waals surface area (Å²) in [5.74, 6) is -0.830. The van der Waals surface area contributed by atoms with Crippen molar-refractivity contribution in [2.24, 2.45) is 0 Å². The molecule has 0 saturated heterocycles. The predicted octanol–water partition coefficient (Wildman–Crippen LogP) is 3.29. The van der Waals surface area contributed by atoms with E-state index in [4.69, 9.17) is 5.73 Å². The molecule has 0 spiro atoms. The van der Waals surface area contributed by atoms with Crippen LogP contribution in [0.1, 0.15) is 6.92 Å². The topological polar surface area (TPSA) is 38.0 Å². The lowest BCUT2D eigenvalue weighted by Crippen LogP contribution is -2.20. The summed E-state index contributed by atoms with van der Waals surface area (Å²) in [7, 11) is 0. The summed E-state index contributed by atoms with van der Waals surface area (Å²) in [5, 5.41) is 1.94. The Hall–Kier alpha value is -1.72. The van der Waals surface area contributed by atoms with Crippen LogP contribution in [0.5, 0.6) is 0 Å². The van der Waals surface area contributed by atoms with E-state index in [1.54, 1.807) is 0 Å². The van der Waals surface area contributed by atoms with Crippen molar-refractivity contribution in [2.45, 2.75) is 13.1 Å². The zero-order valence-electron chi connectivity index (χ0n) is 8.40. The first kappa shape index (κ1) is 12.4. The first-order valence-corrected chi connectivity index (χ1v) is 4.40. The van der Waals surface area contributed by atoms with E-state index in [-0.39, 0.29) is 11.4 Å². The van der Waals surface area contributed by atoms with Gasteiger partial charge in [-0.3, -0.25) is 0 Å². The molecule has 1 aromatic carbocycles. The predicted molar refractivity (Wildman–Crippen MR) is 54.2 cm³/mol. The number of hydrogen-bond donors (Lipinski definition) is 2. The SMILES string of the molecule is C/C=C(\Nc1c(N)cccc1F)C(F)(F)F. The van der Waals surface area contributed by atoms with E-state index in [9.17, 15) is 17.6 Å². The Balaban J connectivity index is 3.05. The molecule has 2 nitrogen and oxygen atoms in total. The molecule has 88 valence electrons. The number of para-hydroxylation sites is 1. The molecule has 1 aromatic rings. The van der Waals surface area contributed by atoms with Gasteiger partial charge < -0.3 is 11.1 Å². The molecule has 0 aliphatic rings. The number of nitrogens with one attached hydrogen (secondary N) is 1. The molecule has 0 radical (unpaired) electrons. The third kappa shape index (κ3) is 2.65. The fourth-order valence-electron chi connectivity index (χ4n) is 1.11. The first-order valence-electron chi connectivity index (χ1n) is 4.40. The lowest BCUT2D eigenvalue weighted by atomic mass is 10.2. The molecule has 0 amide bonds. The highest BCUT2D eigenvalue weighted by molar-refractivity contribution is 5.68. The van der Waals surface area contributed by atoms with Crippen molar-refractivity contribution in [3.8, 4) is 0 Å². The monoisotopic (exact) mass is 234 g/mol. The molecule has 0 aromatic heterocycles. The molecule has 16 heavy (non-hydrogen) atoms. The number of anilines is 2. The minimum Gasteiger partial charge on any atom is -0.397 e.